The second-order valence-corrected chi connectivity index (χ2v) is 2.93. The molecule has 1 rings (SSSR count). The molecule has 0 saturated heterocycles. The predicted molar refractivity (Wildman–Crippen MR) is 52.1 cm³/mol. The van der Waals surface area contributed by atoms with Crippen molar-refractivity contribution in [3.63, 3.8) is 0 Å². The van der Waals surface area contributed by atoms with Gasteiger partial charge in [-0.05, 0) is 12.1 Å². The molecule has 0 unspecified atom stereocenters. The molecule has 0 amide bonds. The van der Waals surface area contributed by atoms with Crippen LogP contribution >= 0.6 is 0 Å². The number of nitro groups is 1. The maximum Gasteiger partial charge on any atom is 0.387 e. The normalized spacial score (nSPS) is 10.2. The number of carbonyl (C=O) groups excluding carboxylic acids is 1. The molecule has 0 atom stereocenters. The van der Waals surface area contributed by atoms with Crippen LogP contribution in [0.15, 0.2) is 12.1 Å². The molecule has 0 aromatic heterocycles. The monoisotopic (exact) mass is 261 g/mol. The van der Waals surface area contributed by atoms with Gasteiger partial charge in [-0.1, -0.05) is 0 Å². The van der Waals surface area contributed by atoms with Gasteiger partial charge in [0.05, 0.1) is 10.5 Å². The summed E-state index contributed by atoms with van der Waals surface area (Å²) >= 11 is 0. The molecule has 18 heavy (non-hydrogen) atoms. The summed E-state index contributed by atoms with van der Waals surface area (Å²) in [6.07, 6.45) is -0.0973. The molecule has 0 aliphatic heterocycles. The number of carboxylic acids is 1. The van der Waals surface area contributed by atoms with E-state index in [1.807, 2.05) is 0 Å². The summed E-state index contributed by atoms with van der Waals surface area (Å²) in [5, 5.41) is 19.4. The second kappa shape index (κ2) is 5.17. The van der Waals surface area contributed by atoms with Gasteiger partial charge in [0, 0.05) is 0 Å². The highest BCUT2D eigenvalue weighted by molar-refractivity contribution is 6.00. The maximum atomic E-state index is 12.0. The van der Waals surface area contributed by atoms with Crippen molar-refractivity contribution < 1.29 is 33.1 Å². The summed E-state index contributed by atoms with van der Waals surface area (Å²) in [4.78, 5) is 30.9. The van der Waals surface area contributed by atoms with Crippen molar-refractivity contribution in [1.29, 1.82) is 0 Å². The summed E-state index contributed by atoms with van der Waals surface area (Å²) in [5.74, 6) is -2.47. The van der Waals surface area contributed by atoms with E-state index < -0.39 is 40.1 Å². The fourth-order valence-electron chi connectivity index (χ4n) is 1.27. The number of nitro benzene ring substituents is 1. The first-order valence-corrected chi connectivity index (χ1v) is 4.33. The molecule has 0 aliphatic carbocycles. The Balaban J connectivity index is 3.53. The van der Waals surface area contributed by atoms with E-state index in [1.54, 1.807) is 0 Å². The van der Waals surface area contributed by atoms with Gasteiger partial charge in [-0.15, -0.1) is 0 Å². The van der Waals surface area contributed by atoms with Crippen LogP contribution in [0.2, 0.25) is 0 Å². The zero-order valence-corrected chi connectivity index (χ0v) is 8.50. The molecule has 0 spiro atoms. The third-order valence-electron chi connectivity index (χ3n) is 1.93. The molecule has 96 valence electrons. The highest BCUT2D eigenvalue weighted by atomic mass is 19.3. The van der Waals surface area contributed by atoms with Crippen LogP contribution in [0.5, 0.6) is 5.75 Å². The predicted octanol–water partition coefficient (Wildman–Crippen LogP) is 1.71. The summed E-state index contributed by atoms with van der Waals surface area (Å²) in [6.45, 7) is -3.33. The molecule has 0 bridgehead atoms. The molecule has 0 heterocycles. The Kier molecular flexibility index (Phi) is 3.87. The SMILES string of the molecule is O=Cc1c(C(=O)O)ccc(OC(F)F)c1[N+](=O)[O-]. The molecule has 0 saturated carbocycles. The number of ether oxygens (including phenoxy) is 1. The van der Waals surface area contributed by atoms with Gasteiger partial charge in [0.15, 0.2) is 6.29 Å². The van der Waals surface area contributed by atoms with Crippen LogP contribution in [-0.4, -0.2) is 28.9 Å². The molecule has 7 nitrogen and oxygen atoms in total. The quantitative estimate of drug-likeness (QED) is 0.491. The highest BCUT2D eigenvalue weighted by Crippen LogP contribution is 2.33. The zero-order valence-electron chi connectivity index (χ0n) is 8.50. The van der Waals surface area contributed by atoms with Crippen molar-refractivity contribution in [2.45, 2.75) is 6.61 Å². The maximum absolute atomic E-state index is 12.0. The molecule has 0 aliphatic rings. The van der Waals surface area contributed by atoms with Gasteiger partial charge in [0.1, 0.15) is 5.56 Å². The lowest BCUT2D eigenvalue weighted by Gasteiger charge is -2.07. The van der Waals surface area contributed by atoms with Gasteiger partial charge in [0.25, 0.3) is 0 Å². The van der Waals surface area contributed by atoms with Crippen molar-refractivity contribution in [2.24, 2.45) is 0 Å². The average Bonchev–Trinajstić information content (AvgIpc) is 2.26. The largest absolute Gasteiger partial charge is 0.478 e. The van der Waals surface area contributed by atoms with Crippen LogP contribution in [0.25, 0.3) is 0 Å². The number of alkyl halides is 2. The summed E-state index contributed by atoms with van der Waals surface area (Å²) < 4.78 is 27.9. The van der Waals surface area contributed by atoms with E-state index in [4.69, 9.17) is 5.11 Å². The summed E-state index contributed by atoms with van der Waals surface area (Å²) in [5.41, 5.74) is -2.60. The minimum atomic E-state index is -3.33. The number of aldehydes is 1. The number of carbonyl (C=O) groups is 2. The first-order chi connectivity index (χ1) is 8.38. The fourth-order valence-corrected chi connectivity index (χ4v) is 1.27. The van der Waals surface area contributed by atoms with Crippen molar-refractivity contribution in [2.75, 3.05) is 0 Å². The number of hydrogen-bond acceptors (Lipinski definition) is 5. The lowest BCUT2D eigenvalue weighted by Crippen LogP contribution is -2.10. The minimum absolute atomic E-state index is 0.0973. The average molecular weight is 261 g/mol. The van der Waals surface area contributed by atoms with Crippen molar-refractivity contribution >= 4 is 17.9 Å². The number of nitrogens with zero attached hydrogens (tertiary/aromatic N) is 1. The molecule has 9 heteroatoms. The Morgan fingerprint density at radius 2 is 2.11 bits per heavy atom. The standard InChI is InChI=1S/C9H5F2NO6/c10-9(11)18-6-2-1-4(8(14)15)5(3-13)7(6)12(16)17/h1-3,9H,(H,14,15). The van der Waals surface area contributed by atoms with Crippen LogP contribution in [-0.2, 0) is 0 Å². The van der Waals surface area contributed by atoms with Gasteiger partial charge >= 0.3 is 18.3 Å². The molecular weight excluding hydrogens is 256 g/mol. The molecule has 1 aromatic rings. The fraction of sp³-hybridized carbons (Fsp3) is 0.111. The molecule has 1 aromatic carbocycles. The van der Waals surface area contributed by atoms with E-state index in [9.17, 15) is 28.5 Å². The van der Waals surface area contributed by atoms with Gasteiger partial charge in [0.2, 0.25) is 5.75 Å². The topological polar surface area (TPSA) is 107 Å². The Hall–Kier alpha value is -2.58. The third-order valence-corrected chi connectivity index (χ3v) is 1.93. The first kappa shape index (κ1) is 13.5. The van der Waals surface area contributed by atoms with E-state index in [-0.39, 0.29) is 6.29 Å². The van der Waals surface area contributed by atoms with Crippen molar-refractivity contribution in [1.82, 2.24) is 0 Å². The third kappa shape index (κ3) is 2.56. The van der Waals surface area contributed by atoms with Crippen molar-refractivity contribution in [3.8, 4) is 5.75 Å². The Morgan fingerprint density at radius 3 is 2.50 bits per heavy atom. The lowest BCUT2D eigenvalue weighted by molar-refractivity contribution is -0.386. The van der Waals surface area contributed by atoms with Crippen LogP contribution in [0.4, 0.5) is 14.5 Å². The van der Waals surface area contributed by atoms with E-state index in [0.29, 0.717) is 6.07 Å². The second-order valence-electron chi connectivity index (χ2n) is 2.93. The van der Waals surface area contributed by atoms with Gasteiger partial charge < -0.3 is 9.84 Å². The number of rotatable bonds is 5. The smallest absolute Gasteiger partial charge is 0.387 e. The number of hydrogen-bond donors (Lipinski definition) is 1. The van der Waals surface area contributed by atoms with Crippen LogP contribution in [0.3, 0.4) is 0 Å². The van der Waals surface area contributed by atoms with Crippen LogP contribution in [0.1, 0.15) is 20.7 Å². The van der Waals surface area contributed by atoms with Gasteiger partial charge in [-0.25, -0.2) is 4.79 Å². The lowest BCUT2D eigenvalue weighted by atomic mass is 10.1. The Bertz CT molecular complexity index is 516. The minimum Gasteiger partial charge on any atom is -0.478 e. The molecule has 1 N–H and O–H groups in total. The van der Waals surface area contributed by atoms with Gasteiger partial charge in [-0.3, -0.25) is 14.9 Å². The van der Waals surface area contributed by atoms with Crippen LogP contribution < -0.4 is 4.74 Å². The van der Waals surface area contributed by atoms with E-state index in [0.717, 1.165) is 6.07 Å². The van der Waals surface area contributed by atoms with E-state index in [1.165, 1.54) is 0 Å². The summed E-state index contributed by atoms with van der Waals surface area (Å²) in [6, 6.07) is 1.47. The van der Waals surface area contributed by atoms with Crippen molar-refractivity contribution in [3.05, 3.63) is 33.4 Å². The number of carboxylic acid groups (broad SMARTS) is 1. The summed E-state index contributed by atoms with van der Waals surface area (Å²) in [7, 11) is 0. The highest BCUT2D eigenvalue weighted by Gasteiger charge is 2.28. The zero-order chi connectivity index (χ0) is 13.9. The van der Waals surface area contributed by atoms with Gasteiger partial charge in [-0.2, -0.15) is 8.78 Å². The molecule has 0 radical (unpaired) electrons. The number of aromatic carboxylic acids is 1. The van der Waals surface area contributed by atoms with Crippen LogP contribution in [0, 0.1) is 10.1 Å². The first-order valence-electron chi connectivity index (χ1n) is 4.33. The molecular formula is C9H5F2NO6. The Morgan fingerprint density at radius 1 is 1.50 bits per heavy atom. The number of halogens is 2. The number of benzene rings is 1. The van der Waals surface area contributed by atoms with E-state index >= 15 is 0 Å². The Labute approximate surface area is 97.7 Å². The molecule has 0 fully saturated rings. The van der Waals surface area contributed by atoms with E-state index in [2.05, 4.69) is 4.74 Å².